The van der Waals surface area contributed by atoms with Gasteiger partial charge in [-0.25, -0.2) is 0 Å². The molecule has 0 spiro atoms. The van der Waals surface area contributed by atoms with Gasteiger partial charge in [-0.05, 0) is 44.8 Å². The van der Waals surface area contributed by atoms with Gasteiger partial charge in [0.05, 0.1) is 18.2 Å². The maximum Gasteiger partial charge on any atom is 0.268 e. The quantitative estimate of drug-likeness (QED) is 0.710. The zero-order chi connectivity index (χ0) is 18.7. The Balaban J connectivity index is 2.99. The van der Waals surface area contributed by atoms with Crippen LogP contribution in [0.25, 0.3) is 11.1 Å². The third-order valence-corrected chi connectivity index (χ3v) is 5.49. The summed E-state index contributed by atoms with van der Waals surface area (Å²) >= 11 is 6.84. The molecule has 0 radical (unpaired) electrons. The van der Waals surface area contributed by atoms with E-state index in [1.54, 1.807) is 6.07 Å². The highest BCUT2D eigenvalue weighted by Crippen LogP contribution is 2.47. The summed E-state index contributed by atoms with van der Waals surface area (Å²) in [6.07, 6.45) is 0. The normalized spacial score (nSPS) is 10.0. The molecule has 9 heteroatoms. The summed E-state index contributed by atoms with van der Waals surface area (Å²) in [4.78, 5) is 14.4. The SMILES string of the molecule is CCOc1c(OC)cc(-c2c(C#N)c(N)[nH]c(=O)c2C#N)c(Br)c1Br. The average Bonchev–Trinajstić information content (AvgIpc) is 2.59. The van der Waals surface area contributed by atoms with Gasteiger partial charge in [0.2, 0.25) is 0 Å². The lowest BCUT2D eigenvalue weighted by Gasteiger charge is -2.17. The lowest BCUT2D eigenvalue weighted by Crippen LogP contribution is -2.16. The molecule has 1 aromatic heterocycles. The first kappa shape index (κ1) is 18.8. The minimum Gasteiger partial charge on any atom is -0.493 e. The molecular weight excluding hydrogens is 456 g/mol. The van der Waals surface area contributed by atoms with Gasteiger partial charge in [-0.3, -0.25) is 4.79 Å². The van der Waals surface area contributed by atoms with Crippen LogP contribution < -0.4 is 20.8 Å². The van der Waals surface area contributed by atoms with Gasteiger partial charge < -0.3 is 20.2 Å². The molecule has 0 amide bonds. The predicted molar refractivity (Wildman–Crippen MR) is 99.5 cm³/mol. The number of halogens is 2. The van der Waals surface area contributed by atoms with E-state index in [0.29, 0.717) is 32.6 Å². The molecule has 1 aromatic carbocycles. The van der Waals surface area contributed by atoms with Gasteiger partial charge in [-0.2, -0.15) is 10.5 Å². The number of nitriles is 2. The number of pyridine rings is 1. The van der Waals surface area contributed by atoms with Crippen molar-refractivity contribution in [1.29, 1.82) is 10.5 Å². The van der Waals surface area contributed by atoms with Gasteiger partial charge in [-0.15, -0.1) is 0 Å². The van der Waals surface area contributed by atoms with E-state index in [4.69, 9.17) is 15.2 Å². The van der Waals surface area contributed by atoms with Crippen LogP contribution in [0.2, 0.25) is 0 Å². The van der Waals surface area contributed by atoms with Gasteiger partial charge in [0, 0.05) is 15.6 Å². The fraction of sp³-hybridized carbons (Fsp3) is 0.188. The van der Waals surface area contributed by atoms with E-state index in [9.17, 15) is 15.3 Å². The number of hydrogen-bond donors (Lipinski definition) is 2. The minimum absolute atomic E-state index is 0.00466. The summed E-state index contributed by atoms with van der Waals surface area (Å²) in [6, 6.07) is 5.34. The van der Waals surface area contributed by atoms with Crippen LogP contribution in [0.5, 0.6) is 11.5 Å². The van der Waals surface area contributed by atoms with Gasteiger partial charge in [0.1, 0.15) is 29.1 Å². The largest absolute Gasteiger partial charge is 0.493 e. The number of nitrogens with one attached hydrogen (secondary N) is 1. The lowest BCUT2D eigenvalue weighted by molar-refractivity contribution is 0.309. The Morgan fingerprint density at radius 3 is 2.40 bits per heavy atom. The fourth-order valence-corrected chi connectivity index (χ4v) is 3.33. The standard InChI is InChI=1S/C16H12Br2N4O3/c1-3-25-14-10(24-2)4-7(12(17)13(14)18)11-8(5-19)15(21)22-16(23)9(11)6-20/h4H,3H2,1-2H3,(H3,21,22,23). The summed E-state index contributed by atoms with van der Waals surface area (Å²) < 4.78 is 11.9. The van der Waals surface area contributed by atoms with E-state index < -0.39 is 5.56 Å². The van der Waals surface area contributed by atoms with Gasteiger partial charge in [-0.1, -0.05) is 0 Å². The number of nitrogens with zero attached hydrogens (tertiary/aromatic N) is 2. The molecule has 0 bridgehead atoms. The summed E-state index contributed by atoms with van der Waals surface area (Å²) in [7, 11) is 1.46. The molecule has 0 atom stereocenters. The van der Waals surface area contributed by atoms with Crippen molar-refractivity contribution >= 4 is 37.7 Å². The van der Waals surface area contributed by atoms with E-state index >= 15 is 0 Å². The Bertz CT molecular complexity index is 987. The highest BCUT2D eigenvalue weighted by atomic mass is 79.9. The maximum atomic E-state index is 12.1. The summed E-state index contributed by atoms with van der Waals surface area (Å²) in [5.74, 6) is 0.714. The molecule has 0 saturated carbocycles. The highest BCUT2D eigenvalue weighted by Gasteiger charge is 2.24. The van der Waals surface area contributed by atoms with Crippen molar-refractivity contribution in [3.63, 3.8) is 0 Å². The Morgan fingerprint density at radius 1 is 1.24 bits per heavy atom. The van der Waals surface area contributed by atoms with Crippen molar-refractivity contribution in [2.24, 2.45) is 0 Å². The van der Waals surface area contributed by atoms with Crippen LogP contribution >= 0.6 is 31.9 Å². The number of H-pyrrole nitrogens is 1. The van der Waals surface area contributed by atoms with Crippen LogP contribution in [0, 0.1) is 22.7 Å². The van der Waals surface area contributed by atoms with Gasteiger partial charge in [0.15, 0.2) is 11.5 Å². The molecule has 128 valence electrons. The molecule has 0 aliphatic rings. The number of ether oxygens (including phenoxy) is 2. The summed E-state index contributed by atoms with van der Waals surface area (Å²) in [5.41, 5.74) is 5.39. The topological polar surface area (TPSA) is 125 Å². The van der Waals surface area contributed by atoms with E-state index in [1.807, 2.05) is 19.1 Å². The summed E-state index contributed by atoms with van der Waals surface area (Å²) in [6.45, 7) is 2.23. The molecule has 0 aliphatic heterocycles. The lowest BCUT2D eigenvalue weighted by atomic mass is 9.96. The first-order valence-electron chi connectivity index (χ1n) is 6.96. The smallest absolute Gasteiger partial charge is 0.268 e. The zero-order valence-electron chi connectivity index (χ0n) is 13.2. The first-order valence-corrected chi connectivity index (χ1v) is 8.54. The maximum absolute atomic E-state index is 12.1. The number of benzene rings is 1. The minimum atomic E-state index is -0.676. The molecule has 0 fully saturated rings. The van der Waals surface area contributed by atoms with E-state index in [0.717, 1.165) is 0 Å². The predicted octanol–water partition coefficient (Wildman–Crippen LogP) is 3.30. The molecule has 0 aliphatic carbocycles. The second-order valence-electron chi connectivity index (χ2n) is 4.73. The molecule has 0 unspecified atom stereocenters. The Labute approximate surface area is 160 Å². The number of nitrogen functional groups attached to an aromatic ring is 1. The molecule has 2 rings (SSSR count). The number of aromatic amines is 1. The average molecular weight is 468 g/mol. The van der Waals surface area contributed by atoms with E-state index in [-0.39, 0.29) is 22.5 Å². The number of anilines is 1. The number of methoxy groups -OCH3 is 1. The van der Waals surface area contributed by atoms with Crippen LogP contribution in [-0.2, 0) is 0 Å². The van der Waals surface area contributed by atoms with Crippen molar-refractivity contribution < 1.29 is 9.47 Å². The molecule has 3 N–H and O–H groups in total. The van der Waals surface area contributed by atoms with Crippen molar-refractivity contribution in [3.8, 4) is 34.8 Å². The van der Waals surface area contributed by atoms with E-state index in [1.165, 1.54) is 7.11 Å². The third-order valence-electron chi connectivity index (χ3n) is 3.37. The second kappa shape index (κ2) is 7.60. The van der Waals surface area contributed by atoms with Crippen molar-refractivity contribution in [2.75, 3.05) is 19.5 Å². The Hall–Kier alpha value is -2.49. The molecule has 1 heterocycles. The molecule has 0 saturated heterocycles. The van der Waals surface area contributed by atoms with Crippen LogP contribution in [0.1, 0.15) is 18.1 Å². The number of aromatic nitrogens is 1. The Morgan fingerprint density at radius 2 is 1.88 bits per heavy atom. The highest BCUT2D eigenvalue weighted by molar-refractivity contribution is 9.13. The van der Waals surface area contributed by atoms with Crippen LogP contribution in [0.15, 0.2) is 19.8 Å². The monoisotopic (exact) mass is 466 g/mol. The summed E-state index contributed by atoms with van der Waals surface area (Å²) in [5, 5.41) is 18.8. The number of rotatable bonds is 4. The molecule has 7 nitrogen and oxygen atoms in total. The molecule has 25 heavy (non-hydrogen) atoms. The van der Waals surface area contributed by atoms with Crippen molar-refractivity contribution in [1.82, 2.24) is 4.98 Å². The fourth-order valence-electron chi connectivity index (χ4n) is 2.31. The van der Waals surface area contributed by atoms with Gasteiger partial charge >= 0.3 is 0 Å². The van der Waals surface area contributed by atoms with Crippen LogP contribution in [0.4, 0.5) is 5.82 Å². The van der Waals surface area contributed by atoms with Crippen LogP contribution in [0.3, 0.4) is 0 Å². The second-order valence-corrected chi connectivity index (χ2v) is 6.32. The Kier molecular flexibility index (Phi) is 5.73. The first-order chi connectivity index (χ1) is 11.9. The van der Waals surface area contributed by atoms with Crippen molar-refractivity contribution in [2.45, 2.75) is 6.92 Å². The molecule has 2 aromatic rings. The molecular formula is C16H12Br2N4O3. The van der Waals surface area contributed by atoms with Crippen molar-refractivity contribution in [3.05, 3.63) is 36.5 Å². The number of nitrogens with two attached hydrogens (primary N) is 1. The number of hydrogen-bond acceptors (Lipinski definition) is 6. The zero-order valence-corrected chi connectivity index (χ0v) is 16.4. The van der Waals surface area contributed by atoms with E-state index in [2.05, 4.69) is 36.8 Å². The van der Waals surface area contributed by atoms with Gasteiger partial charge in [0.25, 0.3) is 5.56 Å². The van der Waals surface area contributed by atoms with Crippen LogP contribution in [-0.4, -0.2) is 18.7 Å². The third kappa shape index (κ3) is 3.21.